The van der Waals surface area contributed by atoms with E-state index in [1.54, 1.807) is 30.5 Å². The minimum absolute atomic E-state index is 0.131. The Labute approximate surface area is 180 Å². The van der Waals surface area contributed by atoms with Crippen LogP contribution in [0.3, 0.4) is 0 Å². The lowest BCUT2D eigenvalue weighted by atomic mass is 10.0. The highest BCUT2D eigenvalue weighted by Crippen LogP contribution is 2.20. The highest BCUT2D eigenvalue weighted by Gasteiger charge is 2.25. The maximum Gasteiger partial charge on any atom is 0.262 e. The molecule has 0 bridgehead atoms. The Morgan fingerprint density at radius 2 is 1.83 bits per heavy atom. The smallest absolute Gasteiger partial charge is 0.262 e. The maximum absolute atomic E-state index is 12.7. The zero-order valence-corrected chi connectivity index (χ0v) is 18.0. The Morgan fingerprint density at radius 3 is 2.53 bits per heavy atom. The highest BCUT2D eigenvalue weighted by molar-refractivity contribution is 6.33. The standard InChI is InChI=1S/C23H25ClN4O2/c1-4-28-14-16(17-9-6-8-12-20(17)28)13-25-27-23(30)21(15(2)3)26-22(29)18-10-5-7-11-19(18)24/h5-15,21H,4H2,1-3H3,(H,26,29)(H,27,30). The van der Waals surface area contributed by atoms with Crippen molar-refractivity contribution in [1.29, 1.82) is 0 Å². The highest BCUT2D eigenvalue weighted by atomic mass is 35.5. The Kier molecular flexibility index (Phi) is 6.90. The largest absolute Gasteiger partial charge is 0.347 e. The predicted octanol–water partition coefficient (Wildman–Crippen LogP) is 4.22. The molecule has 0 saturated carbocycles. The molecule has 1 heterocycles. The van der Waals surface area contributed by atoms with Gasteiger partial charge in [0, 0.05) is 29.2 Å². The fraction of sp³-hybridized carbons (Fsp3) is 0.261. The van der Waals surface area contributed by atoms with Crippen molar-refractivity contribution in [2.24, 2.45) is 11.0 Å². The van der Waals surface area contributed by atoms with E-state index in [2.05, 4.69) is 27.3 Å². The van der Waals surface area contributed by atoms with Crippen LogP contribution in [0.15, 0.2) is 59.8 Å². The number of benzene rings is 2. The number of hydrogen-bond acceptors (Lipinski definition) is 3. The molecule has 0 radical (unpaired) electrons. The van der Waals surface area contributed by atoms with Crippen LogP contribution < -0.4 is 10.7 Å². The second-order valence-corrected chi connectivity index (χ2v) is 7.70. The topological polar surface area (TPSA) is 75.5 Å². The number of fused-ring (bicyclic) bond motifs is 1. The molecule has 0 aliphatic heterocycles. The zero-order valence-electron chi connectivity index (χ0n) is 17.2. The van der Waals surface area contributed by atoms with Crippen LogP contribution in [0.2, 0.25) is 5.02 Å². The molecule has 30 heavy (non-hydrogen) atoms. The number of nitrogens with zero attached hydrogens (tertiary/aromatic N) is 2. The summed E-state index contributed by atoms with van der Waals surface area (Å²) in [6, 6.07) is 14.0. The van der Waals surface area contributed by atoms with Crippen LogP contribution in [-0.2, 0) is 11.3 Å². The van der Waals surface area contributed by atoms with Gasteiger partial charge in [0.1, 0.15) is 6.04 Å². The molecule has 0 aliphatic carbocycles. The minimum Gasteiger partial charge on any atom is -0.347 e. The van der Waals surface area contributed by atoms with Gasteiger partial charge in [-0.3, -0.25) is 9.59 Å². The molecule has 3 aromatic rings. The van der Waals surface area contributed by atoms with Crippen molar-refractivity contribution in [1.82, 2.24) is 15.3 Å². The van der Waals surface area contributed by atoms with Gasteiger partial charge < -0.3 is 9.88 Å². The van der Waals surface area contributed by atoms with Crippen LogP contribution in [0, 0.1) is 5.92 Å². The number of para-hydroxylation sites is 1. The fourth-order valence-corrected chi connectivity index (χ4v) is 3.50. The molecular formula is C23H25ClN4O2. The van der Waals surface area contributed by atoms with Crippen molar-refractivity contribution in [3.63, 3.8) is 0 Å². The monoisotopic (exact) mass is 424 g/mol. The lowest BCUT2D eigenvalue weighted by Crippen LogP contribution is -2.48. The van der Waals surface area contributed by atoms with Gasteiger partial charge in [0.25, 0.3) is 11.8 Å². The summed E-state index contributed by atoms with van der Waals surface area (Å²) in [6.45, 7) is 6.62. The third-order valence-electron chi connectivity index (χ3n) is 4.89. The van der Waals surface area contributed by atoms with Gasteiger partial charge >= 0.3 is 0 Å². The number of carbonyl (C=O) groups excluding carboxylic acids is 2. The normalized spacial score (nSPS) is 12.4. The summed E-state index contributed by atoms with van der Waals surface area (Å²) < 4.78 is 2.12. The molecule has 1 aromatic heterocycles. The molecule has 0 fully saturated rings. The number of nitrogens with one attached hydrogen (secondary N) is 2. The Bertz CT molecular complexity index is 1090. The summed E-state index contributed by atoms with van der Waals surface area (Å²) in [7, 11) is 0. The van der Waals surface area contributed by atoms with Crippen LogP contribution in [-0.4, -0.2) is 28.6 Å². The average molecular weight is 425 g/mol. The van der Waals surface area contributed by atoms with Crippen LogP contribution in [0.25, 0.3) is 10.9 Å². The van der Waals surface area contributed by atoms with Crippen molar-refractivity contribution in [2.45, 2.75) is 33.4 Å². The van der Waals surface area contributed by atoms with E-state index in [0.29, 0.717) is 10.6 Å². The van der Waals surface area contributed by atoms with E-state index in [4.69, 9.17) is 11.6 Å². The number of aromatic nitrogens is 1. The fourth-order valence-electron chi connectivity index (χ4n) is 3.27. The summed E-state index contributed by atoms with van der Waals surface area (Å²) in [6.07, 6.45) is 3.62. The number of aryl methyl sites for hydroxylation is 1. The van der Waals surface area contributed by atoms with Gasteiger partial charge in [-0.25, -0.2) is 5.43 Å². The van der Waals surface area contributed by atoms with Crippen LogP contribution in [0.5, 0.6) is 0 Å². The van der Waals surface area contributed by atoms with Gasteiger partial charge in [-0.1, -0.05) is 55.8 Å². The molecule has 156 valence electrons. The average Bonchev–Trinajstić information content (AvgIpc) is 3.10. The number of halogens is 1. The van der Waals surface area contributed by atoms with Crippen molar-refractivity contribution >= 4 is 40.5 Å². The van der Waals surface area contributed by atoms with E-state index in [1.165, 1.54) is 0 Å². The predicted molar refractivity (Wildman–Crippen MR) is 121 cm³/mol. The van der Waals surface area contributed by atoms with Crippen molar-refractivity contribution in [3.05, 3.63) is 70.9 Å². The van der Waals surface area contributed by atoms with E-state index < -0.39 is 11.9 Å². The van der Waals surface area contributed by atoms with Crippen molar-refractivity contribution in [3.8, 4) is 0 Å². The molecule has 0 saturated heterocycles. The van der Waals surface area contributed by atoms with E-state index in [1.807, 2.05) is 44.3 Å². The molecule has 7 heteroatoms. The number of hydrogen-bond donors (Lipinski definition) is 2. The summed E-state index contributed by atoms with van der Waals surface area (Å²) in [5.74, 6) is -0.918. The summed E-state index contributed by atoms with van der Waals surface area (Å²) in [5, 5.41) is 8.27. The first-order chi connectivity index (χ1) is 14.4. The SMILES string of the molecule is CCn1cc(C=NNC(=O)C(NC(=O)c2ccccc2Cl)C(C)C)c2ccccc21. The van der Waals surface area contributed by atoms with Gasteiger partial charge in [-0.2, -0.15) is 5.10 Å². The van der Waals surface area contributed by atoms with Gasteiger partial charge in [-0.15, -0.1) is 0 Å². The Morgan fingerprint density at radius 1 is 1.13 bits per heavy atom. The molecule has 3 rings (SSSR count). The van der Waals surface area contributed by atoms with E-state index >= 15 is 0 Å². The van der Waals surface area contributed by atoms with Gasteiger partial charge in [-0.05, 0) is 31.0 Å². The molecule has 2 N–H and O–H groups in total. The van der Waals surface area contributed by atoms with Crippen LogP contribution >= 0.6 is 11.6 Å². The number of carbonyl (C=O) groups is 2. The Hall–Kier alpha value is -3.12. The molecule has 1 atom stereocenters. The van der Waals surface area contributed by atoms with Gasteiger partial charge in [0.05, 0.1) is 16.8 Å². The first-order valence-electron chi connectivity index (χ1n) is 9.88. The maximum atomic E-state index is 12.7. The van der Waals surface area contributed by atoms with Gasteiger partial charge in [0.2, 0.25) is 0 Å². The number of rotatable bonds is 7. The lowest BCUT2D eigenvalue weighted by Gasteiger charge is -2.20. The second kappa shape index (κ2) is 9.59. The molecule has 2 amide bonds. The molecule has 6 nitrogen and oxygen atoms in total. The molecule has 0 aliphatic rings. The van der Waals surface area contributed by atoms with Crippen LogP contribution in [0.4, 0.5) is 0 Å². The third-order valence-corrected chi connectivity index (χ3v) is 5.22. The molecule has 1 unspecified atom stereocenters. The first-order valence-corrected chi connectivity index (χ1v) is 10.3. The van der Waals surface area contributed by atoms with E-state index in [-0.39, 0.29) is 11.8 Å². The van der Waals surface area contributed by atoms with Gasteiger partial charge in [0.15, 0.2) is 0 Å². The zero-order chi connectivity index (χ0) is 21.7. The lowest BCUT2D eigenvalue weighted by molar-refractivity contribution is -0.123. The molecule has 0 spiro atoms. The third kappa shape index (κ3) is 4.71. The summed E-state index contributed by atoms with van der Waals surface area (Å²) in [5.41, 5.74) is 4.90. The second-order valence-electron chi connectivity index (χ2n) is 7.30. The van der Waals surface area contributed by atoms with Crippen LogP contribution in [0.1, 0.15) is 36.7 Å². The van der Waals surface area contributed by atoms with Crippen molar-refractivity contribution < 1.29 is 9.59 Å². The van der Waals surface area contributed by atoms with Crippen molar-refractivity contribution in [2.75, 3.05) is 0 Å². The quantitative estimate of drug-likeness (QED) is 0.440. The first kappa shape index (κ1) is 21.6. The van der Waals surface area contributed by atoms with E-state index in [9.17, 15) is 9.59 Å². The summed E-state index contributed by atoms with van der Waals surface area (Å²) in [4.78, 5) is 25.2. The molecular weight excluding hydrogens is 400 g/mol. The Balaban J connectivity index is 1.72. The van der Waals surface area contributed by atoms with E-state index in [0.717, 1.165) is 23.0 Å². The number of hydrazone groups is 1. The molecule has 2 aromatic carbocycles. The summed E-state index contributed by atoms with van der Waals surface area (Å²) >= 11 is 6.09. The minimum atomic E-state index is -0.747. The number of amides is 2.